The van der Waals surface area contributed by atoms with E-state index in [1.807, 2.05) is 0 Å². The van der Waals surface area contributed by atoms with Crippen molar-refractivity contribution in [3.8, 4) is 0 Å². The van der Waals surface area contributed by atoms with Gasteiger partial charge in [-0.05, 0) is 24.8 Å². The van der Waals surface area contributed by atoms with Crippen molar-refractivity contribution in [2.45, 2.75) is 25.8 Å². The molecule has 1 unspecified atom stereocenters. The van der Waals surface area contributed by atoms with Gasteiger partial charge in [0.15, 0.2) is 5.82 Å². The molecule has 1 aromatic heterocycles. The first-order valence-corrected chi connectivity index (χ1v) is 8.29. The second kappa shape index (κ2) is 7.60. The summed E-state index contributed by atoms with van der Waals surface area (Å²) < 4.78 is 19.2. The Balaban J connectivity index is 1.79. The van der Waals surface area contributed by atoms with Gasteiger partial charge in [-0.3, -0.25) is 0 Å². The number of benzene rings is 1. The number of halogens is 1. The zero-order valence-electron chi connectivity index (χ0n) is 14.0. The SMILES string of the molecule is Cc1nc(C(NC(=O)N2CCC(CO)CC2)c2ccccc2F)no1. The molecule has 2 aromatic rings. The Labute approximate surface area is 144 Å². The van der Waals surface area contributed by atoms with Gasteiger partial charge in [-0.2, -0.15) is 4.98 Å². The lowest BCUT2D eigenvalue weighted by molar-refractivity contribution is 0.136. The molecule has 1 aliphatic heterocycles. The van der Waals surface area contributed by atoms with Gasteiger partial charge in [0, 0.05) is 32.2 Å². The molecule has 0 radical (unpaired) electrons. The summed E-state index contributed by atoms with van der Waals surface area (Å²) in [5.41, 5.74) is 0.280. The highest BCUT2D eigenvalue weighted by Gasteiger charge is 2.28. The number of carbonyl (C=O) groups is 1. The predicted molar refractivity (Wildman–Crippen MR) is 87.2 cm³/mol. The largest absolute Gasteiger partial charge is 0.396 e. The molecule has 3 rings (SSSR count). The van der Waals surface area contributed by atoms with Gasteiger partial charge in [-0.25, -0.2) is 9.18 Å². The molecule has 0 bridgehead atoms. The monoisotopic (exact) mass is 348 g/mol. The first kappa shape index (κ1) is 17.3. The Hall–Kier alpha value is -2.48. The number of amides is 2. The standard InChI is InChI=1S/C17H21FN4O3/c1-11-19-16(21-25-11)15(13-4-2-3-5-14(13)18)20-17(24)22-8-6-12(10-23)7-9-22/h2-5,12,15,23H,6-10H2,1H3,(H,20,24). The number of aromatic nitrogens is 2. The van der Waals surface area contributed by atoms with Crippen LogP contribution in [0.1, 0.15) is 36.2 Å². The van der Waals surface area contributed by atoms with E-state index >= 15 is 0 Å². The number of piperidine rings is 1. The number of nitrogens with zero attached hydrogens (tertiary/aromatic N) is 3. The quantitative estimate of drug-likeness (QED) is 0.882. The van der Waals surface area contributed by atoms with Crippen LogP contribution in [0.25, 0.3) is 0 Å². The number of nitrogens with one attached hydrogen (secondary N) is 1. The molecule has 1 aromatic carbocycles. The van der Waals surface area contributed by atoms with Crippen LogP contribution < -0.4 is 5.32 Å². The number of likely N-dealkylation sites (tertiary alicyclic amines) is 1. The summed E-state index contributed by atoms with van der Waals surface area (Å²) >= 11 is 0. The maximum atomic E-state index is 14.2. The van der Waals surface area contributed by atoms with E-state index in [1.54, 1.807) is 30.0 Å². The number of hydrogen-bond donors (Lipinski definition) is 2. The Bertz CT molecular complexity index is 728. The summed E-state index contributed by atoms with van der Waals surface area (Å²) in [7, 11) is 0. The molecular weight excluding hydrogens is 327 g/mol. The van der Waals surface area contributed by atoms with E-state index < -0.39 is 11.9 Å². The van der Waals surface area contributed by atoms with E-state index in [-0.39, 0.29) is 29.9 Å². The van der Waals surface area contributed by atoms with E-state index in [4.69, 9.17) is 4.52 Å². The number of rotatable bonds is 4. The van der Waals surface area contributed by atoms with Crippen molar-refractivity contribution in [2.24, 2.45) is 5.92 Å². The normalized spacial score (nSPS) is 16.7. The third kappa shape index (κ3) is 3.96. The summed E-state index contributed by atoms with van der Waals surface area (Å²) in [5.74, 6) is 0.330. The van der Waals surface area contributed by atoms with Gasteiger partial charge < -0.3 is 19.8 Å². The summed E-state index contributed by atoms with van der Waals surface area (Å²) in [4.78, 5) is 18.4. The second-order valence-electron chi connectivity index (χ2n) is 6.19. The van der Waals surface area contributed by atoms with Crippen LogP contribution in [0.5, 0.6) is 0 Å². The number of carbonyl (C=O) groups excluding carboxylic acids is 1. The number of aryl methyl sites for hydroxylation is 1. The minimum atomic E-state index is -0.832. The highest BCUT2D eigenvalue weighted by molar-refractivity contribution is 5.75. The van der Waals surface area contributed by atoms with Crippen LogP contribution in [-0.2, 0) is 0 Å². The third-order valence-corrected chi connectivity index (χ3v) is 4.45. The van der Waals surface area contributed by atoms with E-state index in [0.717, 1.165) is 12.8 Å². The molecule has 25 heavy (non-hydrogen) atoms. The van der Waals surface area contributed by atoms with Crippen LogP contribution in [-0.4, -0.2) is 45.9 Å². The maximum absolute atomic E-state index is 14.2. The van der Waals surface area contributed by atoms with Crippen molar-refractivity contribution >= 4 is 6.03 Å². The highest BCUT2D eigenvalue weighted by atomic mass is 19.1. The van der Waals surface area contributed by atoms with E-state index in [0.29, 0.717) is 19.0 Å². The van der Waals surface area contributed by atoms with Gasteiger partial charge >= 0.3 is 6.03 Å². The molecule has 8 heteroatoms. The fourth-order valence-electron chi connectivity index (χ4n) is 2.96. The van der Waals surface area contributed by atoms with Crippen molar-refractivity contribution in [2.75, 3.05) is 19.7 Å². The van der Waals surface area contributed by atoms with Crippen LogP contribution >= 0.6 is 0 Å². The molecule has 1 saturated heterocycles. The van der Waals surface area contributed by atoms with Crippen molar-refractivity contribution in [3.05, 3.63) is 47.4 Å². The molecule has 2 N–H and O–H groups in total. The van der Waals surface area contributed by atoms with Crippen LogP contribution in [0, 0.1) is 18.7 Å². The molecule has 1 fully saturated rings. The van der Waals surface area contributed by atoms with Gasteiger partial charge in [0.25, 0.3) is 0 Å². The lowest BCUT2D eigenvalue weighted by Crippen LogP contribution is -2.46. The summed E-state index contributed by atoms with van der Waals surface area (Å²) in [5, 5.41) is 15.8. The van der Waals surface area contributed by atoms with E-state index in [1.165, 1.54) is 6.07 Å². The van der Waals surface area contributed by atoms with Crippen LogP contribution in [0.15, 0.2) is 28.8 Å². The number of aliphatic hydroxyl groups excluding tert-OH is 1. The van der Waals surface area contributed by atoms with Crippen LogP contribution in [0.4, 0.5) is 9.18 Å². The van der Waals surface area contributed by atoms with Crippen molar-refractivity contribution in [1.29, 1.82) is 0 Å². The molecule has 2 heterocycles. The van der Waals surface area contributed by atoms with E-state index in [2.05, 4.69) is 15.5 Å². The lowest BCUT2D eigenvalue weighted by Gasteiger charge is -2.32. The minimum absolute atomic E-state index is 0.134. The lowest BCUT2D eigenvalue weighted by atomic mass is 9.98. The first-order chi connectivity index (χ1) is 12.1. The third-order valence-electron chi connectivity index (χ3n) is 4.45. The molecule has 0 saturated carbocycles. The molecule has 7 nitrogen and oxygen atoms in total. The van der Waals surface area contributed by atoms with Gasteiger partial charge in [-0.15, -0.1) is 0 Å². The Morgan fingerprint density at radius 1 is 1.44 bits per heavy atom. The summed E-state index contributed by atoms with van der Waals surface area (Å²) in [6.07, 6.45) is 1.49. The van der Waals surface area contributed by atoms with Gasteiger partial charge in [0.1, 0.15) is 11.9 Å². The van der Waals surface area contributed by atoms with Crippen molar-refractivity contribution < 1.29 is 18.8 Å². The number of urea groups is 1. The summed E-state index contributed by atoms with van der Waals surface area (Å²) in [6.45, 7) is 2.87. The van der Waals surface area contributed by atoms with E-state index in [9.17, 15) is 14.3 Å². The second-order valence-corrected chi connectivity index (χ2v) is 6.19. The molecular formula is C17H21FN4O3. The van der Waals surface area contributed by atoms with Crippen molar-refractivity contribution in [3.63, 3.8) is 0 Å². The van der Waals surface area contributed by atoms with Gasteiger partial charge in [0.05, 0.1) is 0 Å². The molecule has 1 atom stereocenters. The molecule has 0 aliphatic carbocycles. The van der Waals surface area contributed by atoms with Crippen LogP contribution in [0.2, 0.25) is 0 Å². The van der Waals surface area contributed by atoms with Crippen LogP contribution in [0.3, 0.4) is 0 Å². The summed E-state index contributed by atoms with van der Waals surface area (Å²) in [6, 6.07) is 5.04. The average molecular weight is 348 g/mol. The average Bonchev–Trinajstić information content (AvgIpc) is 3.06. The van der Waals surface area contributed by atoms with Gasteiger partial charge in [0.2, 0.25) is 5.89 Å². The topological polar surface area (TPSA) is 91.5 Å². The number of hydrogen-bond acceptors (Lipinski definition) is 5. The molecule has 2 amide bonds. The fourth-order valence-corrected chi connectivity index (χ4v) is 2.96. The smallest absolute Gasteiger partial charge is 0.318 e. The minimum Gasteiger partial charge on any atom is -0.396 e. The molecule has 134 valence electrons. The molecule has 0 spiro atoms. The van der Waals surface area contributed by atoms with Crippen molar-refractivity contribution in [1.82, 2.24) is 20.4 Å². The zero-order chi connectivity index (χ0) is 17.8. The molecule has 1 aliphatic rings. The number of aliphatic hydroxyl groups is 1. The van der Waals surface area contributed by atoms with Gasteiger partial charge in [-0.1, -0.05) is 23.4 Å². The fraction of sp³-hybridized carbons (Fsp3) is 0.471. The first-order valence-electron chi connectivity index (χ1n) is 8.29. The maximum Gasteiger partial charge on any atom is 0.318 e. The highest BCUT2D eigenvalue weighted by Crippen LogP contribution is 2.24. The zero-order valence-corrected chi connectivity index (χ0v) is 14.0. The predicted octanol–water partition coefficient (Wildman–Crippen LogP) is 2.02. The Kier molecular flexibility index (Phi) is 5.28. The Morgan fingerprint density at radius 3 is 2.76 bits per heavy atom. The Morgan fingerprint density at radius 2 is 2.16 bits per heavy atom.